The van der Waals surface area contributed by atoms with Gasteiger partial charge in [0.1, 0.15) is 5.75 Å². The van der Waals surface area contributed by atoms with Gasteiger partial charge >= 0.3 is 0 Å². The van der Waals surface area contributed by atoms with Crippen LogP contribution < -0.4 is 4.74 Å². The lowest BCUT2D eigenvalue weighted by molar-refractivity contribution is 0.318. The second-order valence-electron chi connectivity index (χ2n) is 6.93. The lowest BCUT2D eigenvalue weighted by Crippen LogP contribution is -2.11. The molecule has 0 unspecified atom stereocenters. The van der Waals surface area contributed by atoms with E-state index < -0.39 is 0 Å². The second-order valence-corrected chi connectivity index (χ2v) is 6.93. The van der Waals surface area contributed by atoms with Crippen LogP contribution in [0.3, 0.4) is 0 Å². The van der Waals surface area contributed by atoms with Crippen molar-refractivity contribution in [1.82, 2.24) is 0 Å². The monoisotopic (exact) mass is 342 g/mol. The summed E-state index contributed by atoms with van der Waals surface area (Å²) in [5.74, 6) is 1.13. The Bertz CT molecular complexity index is 710. The van der Waals surface area contributed by atoms with Gasteiger partial charge in [-0.3, -0.25) is 0 Å². The fourth-order valence-corrected chi connectivity index (χ4v) is 2.36. The van der Waals surface area contributed by atoms with E-state index in [0.717, 1.165) is 11.1 Å². The Kier molecular flexibility index (Phi) is 7.56. The molecule has 0 atom stereocenters. The summed E-state index contributed by atoms with van der Waals surface area (Å²) >= 11 is 0. The Morgan fingerprint density at radius 2 is 1.68 bits per heavy atom. The maximum Gasteiger partial charge on any atom is 0.160 e. The molecule has 2 aromatic rings. The number of hydrogen-bond acceptors (Lipinski definition) is 3. The summed E-state index contributed by atoms with van der Waals surface area (Å²) in [6.07, 6.45) is 3.85. The Morgan fingerprint density at radius 3 is 2.16 bits per heavy atom. The number of aryl methyl sites for hydroxylation is 1. The van der Waals surface area contributed by atoms with Gasteiger partial charge in [-0.05, 0) is 55.5 Å². The van der Waals surface area contributed by atoms with Gasteiger partial charge in [-0.1, -0.05) is 56.7 Å². The summed E-state index contributed by atoms with van der Waals surface area (Å²) in [5, 5.41) is 19.1. The third kappa shape index (κ3) is 6.54. The first kappa shape index (κ1) is 20.6. The maximum atomic E-state index is 9.57. The standard InChI is InChI=1S/C11H14O2.C11H16O/c1-3-5-9-6-7-11(13-4-2)10(12)8-9;1-8-5-6-10(12)9(7-8)11(2,3)4/h3,5-8,12H,4H2,1-2H3;5-7,12H,1-4H3/b5-3-;. The largest absolute Gasteiger partial charge is 0.508 e. The van der Waals surface area contributed by atoms with Crippen LogP contribution in [0, 0.1) is 6.92 Å². The molecule has 0 saturated heterocycles. The molecule has 3 nitrogen and oxygen atoms in total. The van der Waals surface area contributed by atoms with E-state index in [9.17, 15) is 10.2 Å². The number of benzene rings is 2. The van der Waals surface area contributed by atoms with Crippen molar-refractivity contribution in [3.8, 4) is 17.2 Å². The predicted octanol–water partition coefficient (Wildman–Crippen LogP) is 5.82. The van der Waals surface area contributed by atoms with Gasteiger partial charge in [-0.2, -0.15) is 0 Å². The van der Waals surface area contributed by atoms with Crippen molar-refractivity contribution >= 4 is 6.08 Å². The molecule has 0 saturated carbocycles. The molecule has 0 radical (unpaired) electrons. The molecule has 2 rings (SSSR count). The van der Waals surface area contributed by atoms with E-state index in [-0.39, 0.29) is 11.2 Å². The van der Waals surface area contributed by atoms with E-state index in [0.29, 0.717) is 18.1 Å². The Hall–Kier alpha value is -2.42. The molecule has 0 fully saturated rings. The third-order valence-corrected chi connectivity index (χ3v) is 3.60. The lowest BCUT2D eigenvalue weighted by atomic mass is 9.85. The summed E-state index contributed by atoms with van der Waals surface area (Å²) in [5.41, 5.74) is 3.21. The molecule has 0 bridgehead atoms. The molecule has 0 aliphatic rings. The van der Waals surface area contributed by atoms with E-state index >= 15 is 0 Å². The molecule has 0 aliphatic carbocycles. The molecule has 0 spiro atoms. The SMILES string of the molecule is C/C=C\c1ccc(OCC)c(O)c1.Cc1ccc(O)c(C(C)(C)C)c1. The van der Waals surface area contributed by atoms with Crippen LogP contribution in [0.1, 0.15) is 51.3 Å². The summed E-state index contributed by atoms with van der Waals surface area (Å²) in [6, 6.07) is 11.1. The summed E-state index contributed by atoms with van der Waals surface area (Å²) in [7, 11) is 0. The van der Waals surface area contributed by atoms with Crippen LogP contribution in [0.2, 0.25) is 0 Å². The van der Waals surface area contributed by atoms with Crippen molar-refractivity contribution in [1.29, 1.82) is 0 Å². The molecular weight excluding hydrogens is 312 g/mol. The minimum Gasteiger partial charge on any atom is -0.508 e. The number of allylic oxidation sites excluding steroid dienone is 1. The van der Waals surface area contributed by atoms with Gasteiger partial charge in [-0.15, -0.1) is 0 Å². The van der Waals surface area contributed by atoms with Crippen LogP contribution in [0.15, 0.2) is 42.5 Å². The van der Waals surface area contributed by atoms with Crippen LogP contribution in [0.5, 0.6) is 17.2 Å². The number of hydrogen-bond donors (Lipinski definition) is 2. The van der Waals surface area contributed by atoms with Crippen molar-refractivity contribution in [3.63, 3.8) is 0 Å². The van der Waals surface area contributed by atoms with Crippen molar-refractivity contribution in [2.75, 3.05) is 6.61 Å². The van der Waals surface area contributed by atoms with Crippen molar-refractivity contribution < 1.29 is 14.9 Å². The average Bonchev–Trinajstić information content (AvgIpc) is 2.52. The second kappa shape index (κ2) is 9.16. The van der Waals surface area contributed by atoms with Gasteiger partial charge in [0.05, 0.1) is 6.61 Å². The highest BCUT2D eigenvalue weighted by atomic mass is 16.5. The van der Waals surface area contributed by atoms with Gasteiger partial charge < -0.3 is 14.9 Å². The quantitative estimate of drug-likeness (QED) is 0.738. The Morgan fingerprint density at radius 1 is 1.00 bits per heavy atom. The predicted molar refractivity (Wildman–Crippen MR) is 106 cm³/mol. The fourth-order valence-electron chi connectivity index (χ4n) is 2.36. The van der Waals surface area contributed by atoms with Crippen molar-refractivity contribution in [3.05, 3.63) is 59.2 Å². The molecule has 3 heteroatoms. The maximum absolute atomic E-state index is 9.57. The van der Waals surface area contributed by atoms with E-state index in [2.05, 4.69) is 20.8 Å². The number of phenols is 2. The topological polar surface area (TPSA) is 49.7 Å². The van der Waals surface area contributed by atoms with Gasteiger partial charge in [-0.25, -0.2) is 0 Å². The van der Waals surface area contributed by atoms with Crippen molar-refractivity contribution in [2.45, 2.75) is 47.0 Å². The van der Waals surface area contributed by atoms with E-state index in [1.54, 1.807) is 18.2 Å². The van der Waals surface area contributed by atoms with Crippen LogP contribution in [0.4, 0.5) is 0 Å². The molecular formula is C22H30O3. The van der Waals surface area contributed by atoms with E-state index in [1.807, 2.05) is 51.1 Å². The Labute approximate surface area is 151 Å². The average molecular weight is 342 g/mol. The number of phenolic OH excluding ortho intramolecular Hbond substituents is 2. The van der Waals surface area contributed by atoms with Crippen LogP contribution in [-0.4, -0.2) is 16.8 Å². The zero-order valence-electron chi connectivity index (χ0n) is 16.1. The summed E-state index contributed by atoms with van der Waals surface area (Å²) in [4.78, 5) is 0. The Balaban J connectivity index is 0.000000251. The van der Waals surface area contributed by atoms with Crippen molar-refractivity contribution in [2.24, 2.45) is 0 Å². The molecule has 25 heavy (non-hydrogen) atoms. The van der Waals surface area contributed by atoms with Crippen LogP contribution in [-0.2, 0) is 5.41 Å². The van der Waals surface area contributed by atoms with Gasteiger partial charge in [0.2, 0.25) is 0 Å². The molecule has 136 valence electrons. The van der Waals surface area contributed by atoms with Gasteiger partial charge in [0, 0.05) is 0 Å². The highest BCUT2D eigenvalue weighted by Crippen LogP contribution is 2.30. The highest BCUT2D eigenvalue weighted by molar-refractivity contribution is 5.55. The molecule has 0 heterocycles. The van der Waals surface area contributed by atoms with Crippen LogP contribution >= 0.6 is 0 Å². The lowest BCUT2D eigenvalue weighted by Gasteiger charge is -2.20. The molecule has 0 aliphatic heterocycles. The molecule has 0 amide bonds. The van der Waals surface area contributed by atoms with Crippen LogP contribution in [0.25, 0.3) is 6.08 Å². The first-order valence-electron chi connectivity index (χ1n) is 8.57. The normalized spacial score (nSPS) is 11.1. The minimum absolute atomic E-state index is 0.0239. The first-order valence-corrected chi connectivity index (χ1v) is 8.57. The number of aromatic hydroxyl groups is 2. The zero-order chi connectivity index (χ0) is 19.0. The molecule has 2 aromatic carbocycles. The minimum atomic E-state index is 0.0239. The fraction of sp³-hybridized carbons (Fsp3) is 0.364. The van der Waals surface area contributed by atoms with Gasteiger partial charge in [0.25, 0.3) is 0 Å². The highest BCUT2D eigenvalue weighted by Gasteiger charge is 2.17. The summed E-state index contributed by atoms with van der Waals surface area (Å²) < 4.78 is 5.20. The molecule has 0 aromatic heterocycles. The smallest absolute Gasteiger partial charge is 0.160 e. The number of rotatable bonds is 3. The van der Waals surface area contributed by atoms with E-state index in [4.69, 9.17) is 4.74 Å². The van der Waals surface area contributed by atoms with E-state index in [1.165, 1.54) is 5.56 Å². The molecule has 2 N–H and O–H groups in total. The number of ether oxygens (including phenoxy) is 1. The summed E-state index contributed by atoms with van der Waals surface area (Å²) in [6.45, 7) is 12.7. The first-order chi connectivity index (χ1) is 11.7. The third-order valence-electron chi connectivity index (χ3n) is 3.60. The zero-order valence-corrected chi connectivity index (χ0v) is 16.1. The van der Waals surface area contributed by atoms with Gasteiger partial charge in [0.15, 0.2) is 11.5 Å².